The molecule has 0 aromatic carbocycles. The van der Waals surface area contributed by atoms with Gasteiger partial charge in [-0.05, 0) is 48.6 Å². The smallest absolute Gasteiger partial charge is 0.0547 e. The monoisotopic (exact) mass is 257 g/mol. The summed E-state index contributed by atoms with van der Waals surface area (Å²) in [5, 5.41) is 3.05. The van der Waals surface area contributed by atoms with Crippen molar-refractivity contribution in [2.75, 3.05) is 6.54 Å². The predicted molar refractivity (Wildman–Crippen MR) is 72.2 cm³/mol. The molecule has 2 N–H and O–H groups in total. The van der Waals surface area contributed by atoms with Crippen molar-refractivity contribution in [2.45, 2.75) is 38.5 Å². The van der Waals surface area contributed by atoms with Crippen LogP contribution in [0.5, 0.6) is 0 Å². The number of hydrogen-bond donors (Lipinski definition) is 1. The van der Waals surface area contributed by atoms with Crippen LogP contribution in [0, 0.1) is 11.8 Å². The second-order valence-electron chi connectivity index (χ2n) is 4.82. The van der Waals surface area contributed by atoms with Crippen molar-refractivity contribution in [2.24, 2.45) is 17.6 Å². The minimum Gasteiger partial charge on any atom is -0.330 e. The summed E-state index contributed by atoms with van der Waals surface area (Å²) in [6.45, 7) is 3.09. The average Bonchev–Trinajstić information content (AvgIpc) is 2.74. The molecule has 3 unspecified atom stereocenters. The van der Waals surface area contributed by atoms with E-state index in [1.165, 1.54) is 30.6 Å². The summed E-state index contributed by atoms with van der Waals surface area (Å²) in [5.74, 6) is 2.11. The lowest BCUT2D eigenvalue weighted by Gasteiger charge is -2.35. The first-order chi connectivity index (χ1) is 7.76. The summed E-state index contributed by atoms with van der Waals surface area (Å²) >= 11 is 8.06. The minimum atomic E-state index is 0.608. The molecule has 0 aliphatic heterocycles. The molecule has 0 spiro atoms. The summed E-state index contributed by atoms with van der Waals surface area (Å²) < 4.78 is 0. The van der Waals surface area contributed by atoms with Gasteiger partial charge in [0.05, 0.1) is 5.02 Å². The van der Waals surface area contributed by atoms with E-state index in [0.29, 0.717) is 11.8 Å². The van der Waals surface area contributed by atoms with E-state index in [4.69, 9.17) is 17.3 Å². The summed E-state index contributed by atoms with van der Waals surface area (Å²) in [6, 6.07) is 2.02. The lowest BCUT2D eigenvalue weighted by Crippen LogP contribution is -2.28. The van der Waals surface area contributed by atoms with Gasteiger partial charge in [0.1, 0.15) is 0 Å². The van der Waals surface area contributed by atoms with Crippen molar-refractivity contribution in [3.8, 4) is 0 Å². The highest BCUT2D eigenvalue weighted by Gasteiger charge is 2.31. The van der Waals surface area contributed by atoms with Crippen LogP contribution >= 0.6 is 22.9 Å². The van der Waals surface area contributed by atoms with Crippen LogP contribution in [-0.2, 0) is 0 Å². The largest absolute Gasteiger partial charge is 0.330 e. The molecule has 1 fully saturated rings. The molecule has 1 heterocycles. The van der Waals surface area contributed by atoms with E-state index in [2.05, 4.69) is 12.3 Å². The Bertz CT molecular complexity index is 336. The molecule has 0 radical (unpaired) electrons. The molecule has 3 heteroatoms. The van der Waals surface area contributed by atoms with E-state index in [0.717, 1.165) is 17.5 Å². The first kappa shape index (κ1) is 12.4. The quantitative estimate of drug-likeness (QED) is 0.860. The fourth-order valence-corrected chi connectivity index (χ4v) is 4.27. The van der Waals surface area contributed by atoms with Gasteiger partial charge in [-0.2, -0.15) is 0 Å². The molecule has 16 heavy (non-hydrogen) atoms. The van der Waals surface area contributed by atoms with Gasteiger partial charge in [-0.15, -0.1) is 11.3 Å². The summed E-state index contributed by atoms with van der Waals surface area (Å²) in [6.07, 6.45) is 5.18. The van der Waals surface area contributed by atoms with Crippen molar-refractivity contribution in [1.29, 1.82) is 0 Å². The molecular weight excluding hydrogens is 238 g/mol. The van der Waals surface area contributed by atoms with Crippen LogP contribution < -0.4 is 5.73 Å². The molecule has 2 rings (SSSR count). The minimum absolute atomic E-state index is 0.608. The van der Waals surface area contributed by atoms with Gasteiger partial charge in [-0.3, -0.25) is 0 Å². The van der Waals surface area contributed by atoms with Crippen LogP contribution in [0.4, 0.5) is 0 Å². The highest BCUT2D eigenvalue weighted by Crippen LogP contribution is 2.45. The van der Waals surface area contributed by atoms with Crippen molar-refractivity contribution < 1.29 is 0 Å². The number of nitrogens with two attached hydrogens (primary N) is 1. The Hall–Kier alpha value is -0.0500. The third-order valence-corrected chi connectivity index (χ3v) is 5.45. The maximum atomic E-state index is 6.26. The van der Waals surface area contributed by atoms with Crippen molar-refractivity contribution >= 4 is 22.9 Å². The first-order valence-electron chi connectivity index (χ1n) is 6.19. The lowest BCUT2D eigenvalue weighted by molar-refractivity contribution is 0.238. The highest BCUT2D eigenvalue weighted by atomic mass is 35.5. The standard InChI is InChI=1S/C13H20ClNS/c1-2-9-3-4-10(8-15)11(7-9)13-12(14)5-6-16-13/h5-6,9-11H,2-4,7-8,15H2,1H3. The Morgan fingerprint density at radius 1 is 1.50 bits per heavy atom. The topological polar surface area (TPSA) is 26.0 Å². The summed E-state index contributed by atoms with van der Waals surface area (Å²) in [5.41, 5.74) is 5.90. The van der Waals surface area contributed by atoms with Crippen LogP contribution in [0.2, 0.25) is 5.02 Å². The van der Waals surface area contributed by atoms with Gasteiger partial charge in [0.25, 0.3) is 0 Å². The third-order valence-electron chi connectivity index (χ3n) is 3.96. The maximum absolute atomic E-state index is 6.26. The van der Waals surface area contributed by atoms with Crippen molar-refractivity contribution in [3.63, 3.8) is 0 Å². The normalized spacial score (nSPS) is 30.6. The Kier molecular flexibility index (Phi) is 4.28. The lowest BCUT2D eigenvalue weighted by atomic mass is 9.72. The molecular formula is C13H20ClNS. The second-order valence-corrected chi connectivity index (χ2v) is 6.18. The zero-order valence-corrected chi connectivity index (χ0v) is 11.4. The highest BCUT2D eigenvalue weighted by molar-refractivity contribution is 7.10. The average molecular weight is 258 g/mol. The molecule has 1 nitrogen and oxygen atoms in total. The maximum Gasteiger partial charge on any atom is 0.0547 e. The molecule has 3 atom stereocenters. The van der Waals surface area contributed by atoms with Crippen LogP contribution in [-0.4, -0.2) is 6.54 Å². The number of thiophene rings is 1. The van der Waals surface area contributed by atoms with Crippen molar-refractivity contribution in [1.82, 2.24) is 0 Å². The molecule has 1 aromatic rings. The fraction of sp³-hybridized carbons (Fsp3) is 0.692. The first-order valence-corrected chi connectivity index (χ1v) is 7.45. The van der Waals surface area contributed by atoms with Gasteiger partial charge in [-0.25, -0.2) is 0 Å². The Labute approximate surface area is 107 Å². The van der Waals surface area contributed by atoms with Gasteiger partial charge < -0.3 is 5.73 Å². The van der Waals surface area contributed by atoms with Gasteiger partial charge in [0.2, 0.25) is 0 Å². The van der Waals surface area contributed by atoms with E-state index in [1.807, 2.05) is 6.07 Å². The predicted octanol–water partition coefficient (Wildman–Crippen LogP) is 4.27. The summed E-state index contributed by atoms with van der Waals surface area (Å²) in [7, 11) is 0. The molecule has 1 saturated carbocycles. The Morgan fingerprint density at radius 2 is 2.31 bits per heavy atom. The molecule has 0 saturated heterocycles. The van der Waals surface area contributed by atoms with E-state index >= 15 is 0 Å². The number of rotatable bonds is 3. The van der Waals surface area contributed by atoms with Crippen LogP contribution in [0.3, 0.4) is 0 Å². The third kappa shape index (κ3) is 2.44. The Balaban J connectivity index is 2.18. The second kappa shape index (κ2) is 5.52. The van der Waals surface area contributed by atoms with Crippen LogP contribution in [0.25, 0.3) is 0 Å². The summed E-state index contributed by atoms with van der Waals surface area (Å²) in [4.78, 5) is 1.37. The molecule has 0 amide bonds. The molecule has 90 valence electrons. The van der Waals surface area contributed by atoms with Crippen molar-refractivity contribution in [3.05, 3.63) is 21.3 Å². The fourth-order valence-electron chi connectivity index (χ4n) is 2.86. The van der Waals surface area contributed by atoms with Gasteiger partial charge in [0.15, 0.2) is 0 Å². The van der Waals surface area contributed by atoms with E-state index in [-0.39, 0.29) is 0 Å². The zero-order valence-electron chi connectivity index (χ0n) is 9.79. The molecule has 1 aliphatic carbocycles. The SMILES string of the molecule is CCC1CCC(CN)C(c2sccc2Cl)C1. The van der Waals surface area contributed by atoms with Crippen LogP contribution in [0.15, 0.2) is 11.4 Å². The number of hydrogen-bond acceptors (Lipinski definition) is 2. The van der Waals surface area contributed by atoms with E-state index < -0.39 is 0 Å². The Morgan fingerprint density at radius 3 is 2.88 bits per heavy atom. The van der Waals surface area contributed by atoms with Gasteiger partial charge >= 0.3 is 0 Å². The molecule has 0 bridgehead atoms. The van der Waals surface area contributed by atoms with Crippen LogP contribution in [0.1, 0.15) is 43.4 Å². The van der Waals surface area contributed by atoms with E-state index in [9.17, 15) is 0 Å². The van der Waals surface area contributed by atoms with Gasteiger partial charge in [0, 0.05) is 4.88 Å². The molecule has 1 aromatic heterocycles. The zero-order chi connectivity index (χ0) is 11.5. The van der Waals surface area contributed by atoms with Gasteiger partial charge in [-0.1, -0.05) is 31.4 Å². The molecule has 1 aliphatic rings. The number of halogens is 1. The van der Waals surface area contributed by atoms with E-state index in [1.54, 1.807) is 11.3 Å².